The highest BCUT2D eigenvalue weighted by Crippen LogP contribution is 2.21. The lowest BCUT2D eigenvalue weighted by molar-refractivity contribution is 0.332. The monoisotopic (exact) mass is 240 g/mol. The van der Waals surface area contributed by atoms with Crippen LogP contribution in [-0.2, 0) is 0 Å². The average Bonchev–Trinajstić information content (AvgIpc) is 2.15. The van der Waals surface area contributed by atoms with E-state index < -0.39 is 0 Å². The molecule has 1 nitrogen and oxygen atoms in total. The van der Waals surface area contributed by atoms with Crippen molar-refractivity contribution in [2.75, 3.05) is 6.61 Å². The highest BCUT2D eigenvalue weighted by molar-refractivity contribution is 9.10. The molecule has 0 unspecified atom stereocenters. The van der Waals surface area contributed by atoms with Gasteiger partial charge in [0.1, 0.15) is 0 Å². The largest absolute Gasteiger partial charge is 0.392 e. The number of rotatable bonds is 2. The molecule has 1 aromatic rings. The molecular weight excluding hydrogens is 228 g/mol. The summed E-state index contributed by atoms with van der Waals surface area (Å²) in [5.74, 6) is 0. The molecule has 0 fully saturated rings. The molecule has 0 spiro atoms. The van der Waals surface area contributed by atoms with Crippen LogP contribution in [-0.4, -0.2) is 11.7 Å². The third kappa shape index (κ3) is 2.68. The summed E-state index contributed by atoms with van der Waals surface area (Å²) in [5, 5.41) is 8.97. The Morgan fingerprint density at radius 3 is 2.62 bits per heavy atom. The second-order valence-corrected chi connectivity index (χ2v) is 3.99. The molecule has 0 saturated carbocycles. The minimum absolute atomic E-state index is 0.123. The van der Waals surface area contributed by atoms with E-state index >= 15 is 0 Å². The van der Waals surface area contributed by atoms with Crippen LogP contribution in [0.4, 0.5) is 0 Å². The molecule has 0 amide bonds. The van der Waals surface area contributed by atoms with Gasteiger partial charge in [-0.1, -0.05) is 28.1 Å². The first-order valence-corrected chi connectivity index (χ1v) is 4.97. The summed E-state index contributed by atoms with van der Waals surface area (Å²) in [6, 6.07) is 8.08. The molecule has 1 rings (SSSR count). The van der Waals surface area contributed by atoms with Crippen molar-refractivity contribution in [2.24, 2.45) is 0 Å². The number of aliphatic hydroxyl groups excluding tert-OH is 1. The Labute approximate surface area is 87.2 Å². The summed E-state index contributed by atoms with van der Waals surface area (Å²) in [7, 11) is 0. The van der Waals surface area contributed by atoms with Crippen LogP contribution in [0.3, 0.4) is 0 Å². The lowest BCUT2D eigenvalue weighted by Crippen LogP contribution is -1.89. The zero-order valence-electron chi connectivity index (χ0n) is 7.84. The van der Waals surface area contributed by atoms with Crippen LogP contribution in [0.5, 0.6) is 0 Å². The Hall–Kier alpha value is -0.600. The topological polar surface area (TPSA) is 20.2 Å². The van der Waals surface area contributed by atoms with E-state index in [2.05, 4.69) is 22.0 Å². The SMILES string of the molecule is CC(CO)=C(C)c1cccc(Br)c1. The summed E-state index contributed by atoms with van der Waals surface area (Å²) < 4.78 is 1.06. The lowest BCUT2D eigenvalue weighted by Gasteiger charge is -2.05. The number of hydrogen-bond acceptors (Lipinski definition) is 1. The molecular formula is C11H13BrO. The minimum Gasteiger partial charge on any atom is -0.392 e. The zero-order chi connectivity index (χ0) is 9.84. The molecule has 0 atom stereocenters. The predicted molar refractivity (Wildman–Crippen MR) is 59.5 cm³/mol. The van der Waals surface area contributed by atoms with Gasteiger partial charge >= 0.3 is 0 Å². The van der Waals surface area contributed by atoms with Crippen molar-refractivity contribution in [3.8, 4) is 0 Å². The normalized spacial score (nSPS) is 12.6. The second kappa shape index (κ2) is 4.58. The van der Waals surface area contributed by atoms with Crippen LogP contribution in [0.1, 0.15) is 19.4 Å². The molecule has 0 aromatic heterocycles. The van der Waals surface area contributed by atoms with E-state index in [0.717, 1.165) is 21.2 Å². The van der Waals surface area contributed by atoms with Crippen LogP contribution in [0, 0.1) is 0 Å². The van der Waals surface area contributed by atoms with E-state index in [4.69, 9.17) is 5.11 Å². The fourth-order valence-electron chi connectivity index (χ4n) is 1.09. The van der Waals surface area contributed by atoms with Gasteiger partial charge in [-0.3, -0.25) is 0 Å². The molecule has 0 aliphatic heterocycles. The van der Waals surface area contributed by atoms with E-state index in [1.807, 2.05) is 32.0 Å². The van der Waals surface area contributed by atoms with Crippen molar-refractivity contribution in [3.05, 3.63) is 39.9 Å². The molecule has 0 aliphatic carbocycles. The van der Waals surface area contributed by atoms with Crippen LogP contribution in [0.25, 0.3) is 5.57 Å². The van der Waals surface area contributed by atoms with Gasteiger partial charge in [-0.25, -0.2) is 0 Å². The molecule has 0 saturated heterocycles. The van der Waals surface area contributed by atoms with E-state index in [1.54, 1.807) is 0 Å². The van der Waals surface area contributed by atoms with E-state index in [9.17, 15) is 0 Å². The van der Waals surface area contributed by atoms with Crippen molar-refractivity contribution in [3.63, 3.8) is 0 Å². The molecule has 0 heterocycles. The maximum Gasteiger partial charge on any atom is 0.0644 e. The Balaban J connectivity index is 3.08. The van der Waals surface area contributed by atoms with Crippen LogP contribution in [0.2, 0.25) is 0 Å². The van der Waals surface area contributed by atoms with Crippen molar-refractivity contribution in [2.45, 2.75) is 13.8 Å². The van der Waals surface area contributed by atoms with E-state index in [-0.39, 0.29) is 6.61 Å². The molecule has 1 aromatic carbocycles. The van der Waals surface area contributed by atoms with E-state index in [1.165, 1.54) is 0 Å². The van der Waals surface area contributed by atoms with Gasteiger partial charge in [0.2, 0.25) is 0 Å². The standard InChI is InChI=1S/C11H13BrO/c1-8(7-13)9(2)10-4-3-5-11(12)6-10/h3-6,13H,7H2,1-2H3. The molecule has 2 heteroatoms. The van der Waals surface area contributed by atoms with Crippen molar-refractivity contribution >= 4 is 21.5 Å². The number of allylic oxidation sites excluding steroid dienone is 1. The molecule has 0 aliphatic rings. The lowest BCUT2D eigenvalue weighted by atomic mass is 10.0. The first-order valence-electron chi connectivity index (χ1n) is 4.18. The van der Waals surface area contributed by atoms with Gasteiger partial charge in [-0.05, 0) is 42.7 Å². The number of hydrogen-bond donors (Lipinski definition) is 1. The maximum absolute atomic E-state index is 8.97. The van der Waals surface area contributed by atoms with Gasteiger partial charge in [0, 0.05) is 4.47 Å². The van der Waals surface area contributed by atoms with Crippen molar-refractivity contribution < 1.29 is 5.11 Å². The molecule has 0 radical (unpaired) electrons. The summed E-state index contributed by atoms with van der Waals surface area (Å²) in [5.41, 5.74) is 3.31. The van der Waals surface area contributed by atoms with E-state index in [0.29, 0.717) is 0 Å². The number of aliphatic hydroxyl groups is 1. The van der Waals surface area contributed by atoms with Crippen LogP contribution >= 0.6 is 15.9 Å². The Kier molecular flexibility index (Phi) is 3.70. The predicted octanol–water partition coefficient (Wildman–Crippen LogP) is 3.23. The molecule has 1 N–H and O–H groups in total. The molecule has 13 heavy (non-hydrogen) atoms. The third-order valence-electron chi connectivity index (χ3n) is 2.13. The summed E-state index contributed by atoms with van der Waals surface area (Å²) in [6.45, 7) is 4.09. The van der Waals surface area contributed by atoms with Crippen LogP contribution in [0.15, 0.2) is 34.3 Å². The summed E-state index contributed by atoms with van der Waals surface area (Å²) in [6.07, 6.45) is 0. The van der Waals surface area contributed by atoms with Gasteiger partial charge in [-0.2, -0.15) is 0 Å². The third-order valence-corrected chi connectivity index (χ3v) is 2.63. The molecule has 70 valence electrons. The fourth-order valence-corrected chi connectivity index (χ4v) is 1.49. The van der Waals surface area contributed by atoms with Gasteiger partial charge in [0.05, 0.1) is 6.61 Å². The zero-order valence-corrected chi connectivity index (χ0v) is 9.43. The average molecular weight is 241 g/mol. The summed E-state index contributed by atoms with van der Waals surface area (Å²) >= 11 is 3.42. The van der Waals surface area contributed by atoms with Crippen molar-refractivity contribution in [1.29, 1.82) is 0 Å². The second-order valence-electron chi connectivity index (χ2n) is 3.07. The first kappa shape index (κ1) is 10.5. The molecule has 0 bridgehead atoms. The number of halogens is 1. The highest BCUT2D eigenvalue weighted by Gasteiger charge is 1.99. The fraction of sp³-hybridized carbons (Fsp3) is 0.273. The quantitative estimate of drug-likeness (QED) is 0.842. The Morgan fingerprint density at radius 1 is 1.38 bits per heavy atom. The minimum atomic E-state index is 0.123. The first-order chi connectivity index (χ1) is 6.15. The Bertz CT molecular complexity index is 329. The maximum atomic E-state index is 8.97. The number of benzene rings is 1. The van der Waals surface area contributed by atoms with Gasteiger partial charge in [0.25, 0.3) is 0 Å². The highest BCUT2D eigenvalue weighted by atomic mass is 79.9. The van der Waals surface area contributed by atoms with Gasteiger partial charge in [0.15, 0.2) is 0 Å². The van der Waals surface area contributed by atoms with Crippen LogP contribution < -0.4 is 0 Å². The Morgan fingerprint density at radius 2 is 2.08 bits per heavy atom. The van der Waals surface area contributed by atoms with Gasteiger partial charge in [-0.15, -0.1) is 0 Å². The van der Waals surface area contributed by atoms with Crippen molar-refractivity contribution in [1.82, 2.24) is 0 Å². The smallest absolute Gasteiger partial charge is 0.0644 e. The van der Waals surface area contributed by atoms with Gasteiger partial charge < -0.3 is 5.11 Å². The summed E-state index contributed by atoms with van der Waals surface area (Å²) in [4.78, 5) is 0.